The molecular weight excluding hydrogens is 353 g/mol. The Morgan fingerprint density at radius 2 is 2.04 bits per heavy atom. The van der Waals surface area contributed by atoms with Crippen molar-refractivity contribution in [2.24, 2.45) is 5.92 Å². The monoisotopic (exact) mass is 377 g/mol. The van der Waals surface area contributed by atoms with Crippen molar-refractivity contribution < 1.29 is 23.9 Å². The number of rotatable bonds is 9. The molecule has 0 radical (unpaired) electrons. The number of carbonyl (C=O) groups excluding carboxylic acids is 2. The molecule has 0 saturated heterocycles. The molecule has 27 heavy (non-hydrogen) atoms. The number of carboxylic acid groups (broad SMARTS) is 1. The van der Waals surface area contributed by atoms with Gasteiger partial charge in [0, 0.05) is 37.0 Å². The van der Waals surface area contributed by atoms with E-state index >= 15 is 0 Å². The number of amides is 2. The molecular formula is C19H24FN3O4. The Bertz CT molecular complexity index is 833. The number of carbonyl (C=O) groups is 3. The van der Waals surface area contributed by atoms with E-state index in [0.717, 1.165) is 10.9 Å². The van der Waals surface area contributed by atoms with Crippen LogP contribution in [0.2, 0.25) is 0 Å². The van der Waals surface area contributed by atoms with E-state index in [2.05, 4.69) is 15.6 Å². The second-order valence-corrected chi connectivity index (χ2v) is 6.53. The quantitative estimate of drug-likeness (QED) is 0.535. The summed E-state index contributed by atoms with van der Waals surface area (Å²) in [5.74, 6) is -2.84. The summed E-state index contributed by atoms with van der Waals surface area (Å²) in [4.78, 5) is 38.2. The van der Waals surface area contributed by atoms with Crippen LogP contribution in [0.25, 0.3) is 10.9 Å². The van der Waals surface area contributed by atoms with Crippen molar-refractivity contribution in [2.45, 2.75) is 39.2 Å². The number of aliphatic carboxylic acids is 1. The van der Waals surface area contributed by atoms with Crippen LogP contribution >= 0.6 is 0 Å². The van der Waals surface area contributed by atoms with E-state index < -0.39 is 23.8 Å². The number of hydrogen-bond donors (Lipinski definition) is 4. The van der Waals surface area contributed by atoms with E-state index in [0.29, 0.717) is 18.4 Å². The van der Waals surface area contributed by atoms with Gasteiger partial charge < -0.3 is 20.7 Å². The maximum atomic E-state index is 13.3. The molecule has 0 fully saturated rings. The normalized spacial score (nSPS) is 13.1. The highest BCUT2D eigenvalue weighted by atomic mass is 19.1. The van der Waals surface area contributed by atoms with Crippen LogP contribution < -0.4 is 10.6 Å². The number of H-pyrrole nitrogens is 1. The predicted octanol–water partition coefficient (Wildman–Crippen LogP) is 1.97. The Balaban J connectivity index is 2.12. The van der Waals surface area contributed by atoms with Crippen molar-refractivity contribution in [3.8, 4) is 0 Å². The molecule has 2 aromatic rings. The first-order valence-electron chi connectivity index (χ1n) is 8.85. The Kier molecular flexibility index (Phi) is 6.92. The molecule has 0 aliphatic rings. The maximum Gasteiger partial charge on any atom is 0.308 e. The summed E-state index contributed by atoms with van der Waals surface area (Å²) < 4.78 is 13.3. The SMILES string of the molecule is CCCC(CNC(=O)C(Cc1c[nH]c2cc(F)ccc12)NC(C)=O)C(=O)O. The molecule has 0 bridgehead atoms. The number of benzene rings is 1. The summed E-state index contributed by atoms with van der Waals surface area (Å²) in [6, 6.07) is 3.44. The summed E-state index contributed by atoms with van der Waals surface area (Å²) >= 11 is 0. The molecule has 1 heterocycles. The number of aromatic amines is 1. The third-order valence-electron chi connectivity index (χ3n) is 4.36. The molecule has 0 saturated carbocycles. The van der Waals surface area contributed by atoms with Gasteiger partial charge in [0.05, 0.1) is 5.92 Å². The lowest BCUT2D eigenvalue weighted by Crippen LogP contribution is -2.48. The smallest absolute Gasteiger partial charge is 0.308 e. The van der Waals surface area contributed by atoms with E-state index in [1.54, 1.807) is 12.3 Å². The molecule has 0 aliphatic heterocycles. The van der Waals surface area contributed by atoms with Gasteiger partial charge in [-0.1, -0.05) is 13.3 Å². The highest BCUT2D eigenvalue weighted by Crippen LogP contribution is 2.20. The minimum absolute atomic E-state index is 0.00279. The Hall–Kier alpha value is -2.90. The lowest BCUT2D eigenvalue weighted by Gasteiger charge is -2.19. The van der Waals surface area contributed by atoms with Crippen LogP contribution in [0.1, 0.15) is 32.3 Å². The standard InChI is InChI=1S/C19H24FN3O4/c1-3-4-12(19(26)27)9-22-18(25)17(23-11(2)24)7-13-10-21-16-8-14(20)5-6-15(13)16/h5-6,8,10,12,17,21H,3-4,7,9H2,1-2H3,(H,22,25)(H,23,24)(H,26,27). The third-order valence-corrected chi connectivity index (χ3v) is 4.36. The van der Waals surface area contributed by atoms with Gasteiger partial charge in [0.25, 0.3) is 0 Å². The van der Waals surface area contributed by atoms with Crippen LogP contribution in [-0.2, 0) is 20.8 Å². The molecule has 1 aromatic heterocycles. The van der Waals surface area contributed by atoms with Gasteiger partial charge in [-0.15, -0.1) is 0 Å². The van der Waals surface area contributed by atoms with Gasteiger partial charge in [-0.2, -0.15) is 0 Å². The van der Waals surface area contributed by atoms with Crippen LogP contribution in [0.3, 0.4) is 0 Å². The fraction of sp³-hybridized carbons (Fsp3) is 0.421. The zero-order valence-corrected chi connectivity index (χ0v) is 15.3. The van der Waals surface area contributed by atoms with Crippen LogP contribution in [0.5, 0.6) is 0 Å². The maximum absolute atomic E-state index is 13.3. The van der Waals surface area contributed by atoms with Gasteiger partial charge in [0.1, 0.15) is 11.9 Å². The van der Waals surface area contributed by atoms with Gasteiger partial charge in [0.15, 0.2) is 0 Å². The first kappa shape index (κ1) is 20.4. The Morgan fingerprint density at radius 3 is 2.67 bits per heavy atom. The van der Waals surface area contributed by atoms with Crippen molar-refractivity contribution >= 4 is 28.7 Å². The Labute approximate surface area is 156 Å². The van der Waals surface area contributed by atoms with Crippen molar-refractivity contribution in [3.63, 3.8) is 0 Å². The van der Waals surface area contributed by atoms with Crippen LogP contribution in [0.4, 0.5) is 4.39 Å². The number of fused-ring (bicyclic) bond motifs is 1. The van der Waals surface area contributed by atoms with Gasteiger partial charge >= 0.3 is 5.97 Å². The summed E-state index contributed by atoms with van der Waals surface area (Å²) in [5.41, 5.74) is 1.35. The summed E-state index contributed by atoms with van der Waals surface area (Å²) in [5, 5.41) is 15.2. The van der Waals surface area contributed by atoms with Crippen LogP contribution in [0, 0.1) is 11.7 Å². The van der Waals surface area contributed by atoms with Crippen molar-refractivity contribution in [1.29, 1.82) is 0 Å². The lowest BCUT2D eigenvalue weighted by atomic mass is 10.0. The predicted molar refractivity (Wildman–Crippen MR) is 98.6 cm³/mol. The highest BCUT2D eigenvalue weighted by molar-refractivity contribution is 5.89. The molecule has 0 spiro atoms. The fourth-order valence-corrected chi connectivity index (χ4v) is 3.01. The van der Waals surface area contributed by atoms with Crippen molar-refractivity contribution in [1.82, 2.24) is 15.6 Å². The number of aromatic nitrogens is 1. The molecule has 4 N–H and O–H groups in total. The number of carboxylic acids is 1. The van der Waals surface area contributed by atoms with Crippen LogP contribution in [-0.4, -0.2) is 40.5 Å². The minimum Gasteiger partial charge on any atom is -0.481 e. The Morgan fingerprint density at radius 1 is 1.30 bits per heavy atom. The molecule has 146 valence electrons. The fourth-order valence-electron chi connectivity index (χ4n) is 3.01. The third kappa shape index (κ3) is 5.54. The first-order valence-corrected chi connectivity index (χ1v) is 8.85. The van der Waals surface area contributed by atoms with Crippen molar-refractivity contribution in [3.05, 3.63) is 35.8 Å². The van der Waals surface area contributed by atoms with E-state index in [9.17, 15) is 23.9 Å². The molecule has 8 heteroatoms. The summed E-state index contributed by atoms with van der Waals surface area (Å²) in [6.45, 7) is 3.18. The molecule has 2 rings (SSSR count). The molecule has 2 amide bonds. The highest BCUT2D eigenvalue weighted by Gasteiger charge is 2.24. The number of halogens is 1. The average molecular weight is 377 g/mol. The molecule has 1 aromatic carbocycles. The van der Waals surface area contributed by atoms with E-state index in [1.807, 2.05) is 6.92 Å². The molecule has 7 nitrogen and oxygen atoms in total. The zero-order chi connectivity index (χ0) is 20.0. The topological polar surface area (TPSA) is 111 Å². The van der Waals surface area contributed by atoms with E-state index in [1.165, 1.54) is 19.1 Å². The van der Waals surface area contributed by atoms with Gasteiger partial charge in [-0.3, -0.25) is 14.4 Å². The summed E-state index contributed by atoms with van der Waals surface area (Å²) in [7, 11) is 0. The number of nitrogens with one attached hydrogen (secondary N) is 3. The van der Waals surface area contributed by atoms with E-state index in [-0.39, 0.29) is 24.7 Å². The molecule has 0 aliphatic carbocycles. The zero-order valence-electron chi connectivity index (χ0n) is 15.3. The molecule has 2 atom stereocenters. The van der Waals surface area contributed by atoms with Gasteiger partial charge in [-0.25, -0.2) is 4.39 Å². The summed E-state index contributed by atoms with van der Waals surface area (Å²) in [6.07, 6.45) is 3.01. The van der Waals surface area contributed by atoms with Crippen molar-refractivity contribution in [2.75, 3.05) is 6.54 Å². The average Bonchev–Trinajstić information content (AvgIpc) is 2.99. The van der Waals surface area contributed by atoms with Gasteiger partial charge in [0.2, 0.25) is 11.8 Å². The lowest BCUT2D eigenvalue weighted by molar-refractivity contribution is -0.142. The number of hydrogen-bond acceptors (Lipinski definition) is 3. The van der Waals surface area contributed by atoms with Crippen LogP contribution in [0.15, 0.2) is 24.4 Å². The minimum atomic E-state index is -0.966. The van der Waals surface area contributed by atoms with E-state index in [4.69, 9.17) is 0 Å². The second kappa shape index (κ2) is 9.16. The first-order chi connectivity index (χ1) is 12.8. The van der Waals surface area contributed by atoms with Gasteiger partial charge in [-0.05, 0) is 30.2 Å². The second-order valence-electron chi connectivity index (χ2n) is 6.53. The largest absolute Gasteiger partial charge is 0.481 e. The molecule has 2 unspecified atom stereocenters.